The topological polar surface area (TPSA) is 85.4 Å². The Kier molecular flexibility index (Phi) is 7.34. The van der Waals surface area contributed by atoms with Gasteiger partial charge >= 0.3 is 0 Å². The molecular weight excluding hydrogens is 456 g/mol. The number of aromatic amines is 1. The van der Waals surface area contributed by atoms with E-state index in [0.29, 0.717) is 6.04 Å². The summed E-state index contributed by atoms with van der Waals surface area (Å²) in [5.74, 6) is 2.36. The second-order valence-electron chi connectivity index (χ2n) is 10.9. The standard InChI is InChI=1S/C21H20ClN5.C4H11N.C3H6/c1-11-4-14-15(8-24-19(14)23-7-11)20-25-9-16-17(22)10-27(21(16)26-20)18-6-12-2-3-13(18)5-12;1-4(2,3)5;1-3-2/h4,7-10,12-13,18H,2-3,5-6H2,1H3,(H,23,24);5H2,1-3H3;3H,1H2,2H3. The lowest BCUT2D eigenvalue weighted by Crippen LogP contribution is -2.26. The quantitative estimate of drug-likeness (QED) is 0.289. The molecule has 7 heteroatoms. The van der Waals surface area contributed by atoms with Crippen molar-refractivity contribution in [2.45, 2.75) is 71.9 Å². The molecule has 3 unspecified atom stereocenters. The summed E-state index contributed by atoms with van der Waals surface area (Å²) < 4.78 is 2.32. The van der Waals surface area contributed by atoms with Crippen LogP contribution < -0.4 is 5.73 Å². The van der Waals surface area contributed by atoms with Crippen molar-refractivity contribution in [3.8, 4) is 11.4 Å². The second-order valence-corrected chi connectivity index (χ2v) is 11.4. The van der Waals surface area contributed by atoms with Crippen molar-refractivity contribution < 1.29 is 0 Å². The molecule has 2 saturated carbocycles. The van der Waals surface area contributed by atoms with Gasteiger partial charge in [-0.25, -0.2) is 15.0 Å². The number of hydrogen-bond acceptors (Lipinski definition) is 4. The third kappa shape index (κ3) is 5.60. The Hall–Kier alpha value is -2.70. The number of H-pyrrole nitrogens is 1. The van der Waals surface area contributed by atoms with Crippen LogP contribution in [0.1, 0.15) is 65.0 Å². The lowest BCUT2D eigenvalue weighted by Gasteiger charge is -2.23. The summed E-state index contributed by atoms with van der Waals surface area (Å²) >= 11 is 6.53. The largest absolute Gasteiger partial charge is 0.345 e. The Morgan fingerprint density at radius 1 is 1.17 bits per heavy atom. The van der Waals surface area contributed by atoms with Gasteiger partial charge in [0, 0.05) is 47.3 Å². The Balaban J connectivity index is 0.000000319. The van der Waals surface area contributed by atoms with Crippen LogP contribution in [0, 0.1) is 18.8 Å². The highest BCUT2D eigenvalue weighted by Crippen LogP contribution is 2.51. The maximum Gasteiger partial charge on any atom is 0.163 e. The number of halogens is 1. The van der Waals surface area contributed by atoms with E-state index in [9.17, 15) is 0 Å². The molecular formula is C28H37ClN6. The highest BCUT2D eigenvalue weighted by atomic mass is 35.5. The summed E-state index contributed by atoms with van der Waals surface area (Å²) in [4.78, 5) is 17.3. The van der Waals surface area contributed by atoms with Crippen molar-refractivity contribution in [1.29, 1.82) is 0 Å². The third-order valence-electron chi connectivity index (χ3n) is 6.49. The van der Waals surface area contributed by atoms with E-state index in [2.05, 4.69) is 38.4 Å². The molecule has 4 aromatic heterocycles. The second kappa shape index (κ2) is 10.1. The molecule has 6 nitrogen and oxygen atoms in total. The van der Waals surface area contributed by atoms with Crippen molar-refractivity contribution in [2.75, 3.05) is 0 Å². The molecule has 35 heavy (non-hydrogen) atoms. The summed E-state index contributed by atoms with van der Waals surface area (Å²) in [5.41, 5.74) is 9.28. The van der Waals surface area contributed by atoms with Crippen LogP contribution >= 0.6 is 11.6 Å². The summed E-state index contributed by atoms with van der Waals surface area (Å²) in [5, 5.41) is 2.74. The Morgan fingerprint density at radius 3 is 2.51 bits per heavy atom. The lowest BCUT2D eigenvalue weighted by molar-refractivity contribution is 0.336. The van der Waals surface area contributed by atoms with E-state index >= 15 is 0 Å². The van der Waals surface area contributed by atoms with Crippen LogP contribution in [0.3, 0.4) is 0 Å². The Bertz CT molecular complexity index is 1320. The van der Waals surface area contributed by atoms with E-state index in [4.69, 9.17) is 22.3 Å². The van der Waals surface area contributed by atoms with Gasteiger partial charge in [-0.1, -0.05) is 24.1 Å². The predicted molar refractivity (Wildman–Crippen MR) is 147 cm³/mol. The van der Waals surface area contributed by atoms with E-state index < -0.39 is 0 Å². The van der Waals surface area contributed by atoms with Gasteiger partial charge in [-0.15, -0.1) is 6.58 Å². The summed E-state index contributed by atoms with van der Waals surface area (Å²) in [6.07, 6.45) is 14.8. The van der Waals surface area contributed by atoms with Gasteiger partial charge in [0.15, 0.2) is 5.82 Å². The molecule has 2 fully saturated rings. The molecule has 3 N–H and O–H groups in total. The lowest BCUT2D eigenvalue weighted by atomic mass is 9.95. The molecule has 0 radical (unpaired) electrons. The molecule has 4 aromatic rings. The predicted octanol–water partition coefficient (Wildman–Crippen LogP) is 7.23. The third-order valence-corrected chi connectivity index (χ3v) is 6.79. The van der Waals surface area contributed by atoms with Crippen LogP contribution in [-0.4, -0.2) is 30.0 Å². The van der Waals surface area contributed by atoms with Gasteiger partial charge in [-0.05, 0) is 77.3 Å². The van der Waals surface area contributed by atoms with Crippen LogP contribution in [0.15, 0.2) is 43.5 Å². The first-order chi connectivity index (χ1) is 16.6. The highest BCUT2D eigenvalue weighted by molar-refractivity contribution is 6.35. The van der Waals surface area contributed by atoms with Gasteiger partial charge in [0.05, 0.1) is 10.4 Å². The zero-order chi connectivity index (χ0) is 25.3. The van der Waals surface area contributed by atoms with E-state index in [1.807, 2.05) is 53.2 Å². The molecule has 4 heterocycles. The van der Waals surface area contributed by atoms with Crippen LogP contribution in [0.2, 0.25) is 5.02 Å². The molecule has 0 saturated heterocycles. The number of aromatic nitrogens is 5. The smallest absolute Gasteiger partial charge is 0.163 e. The van der Waals surface area contributed by atoms with E-state index in [1.165, 1.54) is 25.7 Å². The number of hydrogen-bond donors (Lipinski definition) is 2. The van der Waals surface area contributed by atoms with E-state index in [-0.39, 0.29) is 5.54 Å². The molecule has 6 rings (SSSR count). The molecule has 0 spiro atoms. The first-order valence-electron chi connectivity index (χ1n) is 12.4. The molecule has 186 valence electrons. The number of nitrogens with zero attached hydrogens (tertiary/aromatic N) is 4. The maximum atomic E-state index is 6.53. The van der Waals surface area contributed by atoms with Crippen LogP contribution in [-0.2, 0) is 0 Å². The summed E-state index contributed by atoms with van der Waals surface area (Å²) in [7, 11) is 0. The number of allylic oxidation sites excluding steroid dienone is 1. The average Bonchev–Trinajstić information content (AvgIpc) is 3.56. The zero-order valence-corrected chi connectivity index (χ0v) is 22.2. The summed E-state index contributed by atoms with van der Waals surface area (Å²) in [6, 6.07) is 2.65. The number of rotatable bonds is 2. The van der Waals surface area contributed by atoms with Gasteiger partial charge in [-0.3, -0.25) is 0 Å². The Morgan fingerprint density at radius 2 is 1.89 bits per heavy atom. The van der Waals surface area contributed by atoms with Crippen molar-refractivity contribution in [2.24, 2.45) is 17.6 Å². The average molecular weight is 493 g/mol. The molecule has 0 amide bonds. The molecule has 0 aliphatic heterocycles. The number of nitrogens with one attached hydrogen (secondary N) is 1. The van der Waals surface area contributed by atoms with E-state index in [1.54, 1.807) is 6.08 Å². The first kappa shape index (κ1) is 25.4. The van der Waals surface area contributed by atoms with Crippen LogP contribution in [0.4, 0.5) is 0 Å². The molecule has 2 bridgehead atoms. The molecule has 2 aliphatic rings. The number of nitrogens with two attached hydrogens (primary N) is 1. The fraction of sp³-hybridized carbons (Fsp3) is 0.464. The van der Waals surface area contributed by atoms with Crippen molar-refractivity contribution in [3.05, 3.63) is 54.1 Å². The number of fused-ring (bicyclic) bond motifs is 4. The summed E-state index contributed by atoms with van der Waals surface area (Å²) in [6.45, 7) is 13.2. The monoisotopic (exact) mass is 492 g/mol. The Labute approximate surface area is 213 Å². The minimum absolute atomic E-state index is 0. The first-order valence-corrected chi connectivity index (χ1v) is 12.8. The molecule has 0 aromatic carbocycles. The van der Waals surface area contributed by atoms with Gasteiger partial charge in [-0.2, -0.15) is 0 Å². The number of aryl methyl sites for hydroxylation is 1. The highest BCUT2D eigenvalue weighted by Gasteiger charge is 2.41. The minimum atomic E-state index is 0. The number of pyridine rings is 1. The SMILES string of the molecule is C=CC.CC(C)(C)N.Cc1cnc2[nH]cc(-c3ncc4c(Cl)cn(C5CC6CCC5C6)c4n3)c2c1. The van der Waals surface area contributed by atoms with Crippen molar-refractivity contribution >= 4 is 33.7 Å². The fourth-order valence-corrected chi connectivity index (χ4v) is 5.46. The van der Waals surface area contributed by atoms with Gasteiger partial charge in [0.1, 0.15) is 11.3 Å². The normalized spacial score (nSPS) is 20.9. The fourth-order valence-electron chi connectivity index (χ4n) is 5.22. The van der Waals surface area contributed by atoms with Crippen LogP contribution in [0.5, 0.6) is 0 Å². The zero-order valence-electron chi connectivity index (χ0n) is 21.5. The van der Waals surface area contributed by atoms with Crippen molar-refractivity contribution in [1.82, 2.24) is 24.5 Å². The van der Waals surface area contributed by atoms with Gasteiger partial charge in [0.2, 0.25) is 0 Å². The van der Waals surface area contributed by atoms with Crippen LogP contribution in [0.25, 0.3) is 33.5 Å². The van der Waals surface area contributed by atoms with E-state index in [0.717, 1.165) is 55.9 Å². The van der Waals surface area contributed by atoms with Gasteiger partial charge < -0.3 is 15.3 Å². The van der Waals surface area contributed by atoms with Crippen molar-refractivity contribution in [3.63, 3.8) is 0 Å². The maximum absolute atomic E-state index is 6.53. The minimum Gasteiger partial charge on any atom is -0.345 e. The molecule has 3 atom stereocenters. The van der Waals surface area contributed by atoms with Gasteiger partial charge in [0.25, 0.3) is 0 Å². The molecule has 2 aliphatic carbocycles.